The number of ether oxygens (including phenoxy) is 1. The van der Waals surface area contributed by atoms with Gasteiger partial charge in [0, 0.05) is 17.5 Å². The average Bonchev–Trinajstić information content (AvgIpc) is 3.20. The lowest BCUT2D eigenvalue weighted by atomic mass is 10.1. The number of thiophene rings is 1. The summed E-state index contributed by atoms with van der Waals surface area (Å²) in [7, 11) is 0. The smallest absolute Gasteiger partial charge is 0.203 e. The van der Waals surface area contributed by atoms with Crippen LogP contribution in [0.15, 0.2) is 34.1 Å². The van der Waals surface area contributed by atoms with Crippen molar-refractivity contribution in [2.45, 2.75) is 25.1 Å². The average molecular weight is 318 g/mol. The van der Waals surface area contributed by atoms with E-state index in [1.807, 2.05) is 29.6 Å². The highest BCUT2D eigenvalue weighted by molar-refractivity contribution is 7.10. The summed E-state index contributed by atoms with van der Waals surface area (Å²) in [5.74, 6) is 1.10. The van der Waals surface area contributed by atoms with E-state index in [-0.39, 0.29) is 6.04 Å². The van der Waals surface area contributed by atoms with Crippen molar-refractivity contribution < 1.29 is 14.3 Å². The van der Waals surface area contributed by atoms with E-state index in [1.165, 1.54) is 0 Å². The summed E-state index contributed by atoms with van der Waals surface area (Å²) in [4.78, 5) is 3.23. The number of aliphatic hydroxyl groups is 1. The van der Waals surface area contributed by atoms with E-state index in [2.05, 4.69) is 4.90 Å². The van der Waals surface area contributed by atoms with Crippen LogP contribution in [-0.2, 0) is 11.3 Å². The number of rotatable bonds is 5. The molecule has 22 heavy (non-hydrogen) atoms. The molecule has 6 heteroatoms. The van der Waals surface area contributed by atoms with Crippen molar-refractivity contribution in [2.75, 3.05) is 19.8 Å². The van der Waals surface area contributed by atoms with E-state index < -0.39 is 6.10 Å². The van der Waals surface area contributed by atoms with Gasteiger partial charge in [-0.3, -0.25) is 4.90 Å². The van der Waals surface area contributed by atoms with Crippen molar-refractivity contribution in [3.63, 3.8) is 0 Å². The molecule has 5 nitrogen and oxygen atoms in total. The lowest BCUT2D eigenvalue weighted by molar-refractivity contribution is -0.0320. The van der Waals surface area contributed by atoms with Crippen molar-refractivity contribution in [1.29, 1.82) is 5.26 Å². The Kier molecular flexibility index (Phi) is 4.90. The summed E-state index contributed by atoms with van der Waals surface area (Å²) in [6.07, 6.45) is 0.159. The molecule has 116 valence electrons. The molecule has 1 saturated heterocycles. The highest BCUT2D eigenvalue weighted by Gasteiger charge is 2.27. The van der Waals surface area contributed by atoms with Crippen molar-refractivity contribution in [1.82, 2.24) is 4.90 Å². The molecule has 0 spiro atoms. The van der Waals surface area contributed by atoms with E-state index in [0.717, 1.165) is 17.2 Å². The van der Waals surface area contributed by atoms with Gasteiger partial charge < -0.3 is 14.3 Å². The minimum Gasteiger partial charge on any atom is -0.449 e. The molecule has 2 aromatic heterocycles. The first-order valence-electron chi connectivity index (χ1n) is 7.28. The molecule has 1 N–H and O–H groups in total. The first-order chi connectivity index (χ1) is 10.8. The summed E-state index contributed by atoms with van der Waals surface area (Å²) in [6, 6.07) is 9.56. The topological polar surface area (TPSA) is 69.6 Å². The lowest BCUT2D eigenvalue weighted by Gasteiger charge is -2.35. The zero-order valence-electron chi connectivity index (χ0n) is 12.1. The second-order valence-electron chi connectivity index (χ2n) is 5.34. The molecule has 2 atom stereocenters. The third-order valence-corrected chi connectivity index (χ3v) is 4.82. The fourth-order valence-corrected chi connectivity index (χ4v) is 3.42. The van der Waals surface area contributed by atoms with Gasteiger partial charge in [0.05, 0.1) is 25.9 Å². The quantitative estimate of drug-likeness (QED) is 0.917. The highest BCUT2D eigenvalue weighted by atomic mass is 32.1. The Morgan fingerprint density at radius 1 is 1.45 bits per heavy atom. The van der Waals surface area contributed by atoms with Gasteiger partial charge in [-0.15, -0.1) is 11.3 Å². The third kappa shape index (κ3) is 3.57. The Morgan fingerprint density at radius 3 is 3.09 bits per heavy atom. The number of furan rings is 1. The molecule has 1 aliphatic rings. The molecule has 0 bridgehead atoms. The second-order valence-corrected chi connectivity index (χ2v) is 6.32. The van der Waals surface area contributed by atoms with Gasteiger partial charge in [0.25, 0.3) is 0 Å². The fraction of sp³-hybridized carbons (Fsp3) is 0.438. The molecule has 0 saturated carbocycles. The molecule has 3 heterocycles. The summed E-state index contributed by atoms with van der Waals surface area (Å²) < 4.78 is 11.0. The standard InChI is InChI=1S/C16H18N2O3S/c17-9-13-3-4-14(21-13)10-18-5-6-20-11-12(18)8-15(19)16-2-1-7-22-16/h1-4,7,12,15,19H,5-6,8,10-11H2. The molecular formula is C16H18N2O3S. The van der Waals surface area contributed by atoms with Crippen molar-refractivity contribution in [2.24, 2.45) is 0 Å². The summed E-state index contributed by atoms with van der Waals surface area (Å²) in [5.41, 5.74) is 0. The van der Waals surface area contributed by atoms with Crippen molar-refractivity contribution in [3.05, 3.63) is 46.0 Å². The van der Waals surface area contributed by atoms with Crippen molar-refractivity contribution in [3.8, 4) is 6.07 Å². The molecule has 0 aromatic carbocycles. The maximum atomic E-state index is 10.3. The lowest BCUT2D eigenvalue weighted by Crippen LogP contribution is -2.45. The predicted octanol–water partition coefficient (Wildman–Crippen LogP) is 2.54. The molecule has 0 radical (unpaired) electrons. The Hall–Kier alpha value is -1.65. The molecule has 2 aromatic rings. The Morgan fingerprint density at radius 2 is 2.36 bits per heavy atom. The van der Waals surface area contributed by atoms with Crippen LogP contribution in [0.2, 0.25) is 0 Å². The first kappa shape index (κ1) is 15.3. The normalized spacial score (nSPS) is 20.6. The number of nitrogens with zero attached hydrogens (tertiary/aromatic N) is 2. The monoisotopic (exact) mass is 318 g/mol. The van der Waals surface area contributed by atoms with Crippen LogP contribution in [0.25, 0.3) is 0 Å². The van der Waals surface area contributed by atoms with Crippen LogP contribution in [0, 0.1) is 11.3 Å². The van der Waals surface area contributed by atoms with Crippen LogP contribution in [0.5, 0.6) is 0 Å². The van der Waals surface area contributed by atoms with Gasteiger partial charge >= 0.3 is 0 Å². The Bertz CT molecular complexity index is 632. The van der Waals surface area contributed by atoms with Crippen LogP contribution >= 0.6 is 11.3 Å². The van der Waals surface area contributed by atoms with E-state index in [9.17, 15) is 5.11 Å². The zero-order valence-corrected chi connectivity index (χ0v) is 13.0. The number of hydrogen-bond acceptors (Lipinski definition) is 6. The predicted molar refractivity (Wildman–Crippen MR) is 82.3 cm³/mol. The van der Waals surface area contributed by atoms with Gasteiger partial charge in [-0.05, 0) is 30.0 Å². The van der Waals surface area contributed by atoms with Gasteiger partial charge in [0.2, 0.25) is 5.76 Å². The van der Waals surface area contributed by atoms with Crippen molar-refractivity contribution >= 4 is 11.3 Å². The number of nitriles is 1. The number of hydrogen-bond donors (Lipinski definition) is 1. The molecule has 0 aliphatic carbocycles. The Labute approximate surface area is 133 Å². The fourth-order valence-electron chi connectivity index (χ4n) is 2.69. The molecule has 2 unspecified atom stereocenters. The maximum absolute atomic E-state index is 10.3. The highest BCUT2D eigenvalue weighted by Crippen LogP contribution is 2.26. The van der Waals surface area contributed by atoms with E-state index in [1.54, 1.807) is 17.4 Å². The van der Waals surface area contributed by atoms with E-state index in [0.29, 0.717) is 31.9 Å². The molecule has 1 fully saturated rings. The summed E-state index contributed by atoms with van der Waals surface area (Å²) >= 11 is 1.57. The minimum absolute atomic E-state index is 0.140. The van der Waals surface area contributed by atoms with Crippen LogP contribution in [0.3, 0.4) is 0 Å². The number of aliphatic hydroxyl groups excluding tert-OH is 1. The van der Waals surface area contributed by atoms with Crippen LogP contribution in [0.4, 0.5) is 0 Å². The molecular weight excluding hydrogens is 300 g/mol. The minimum atomic E-state index is -0.472. The van der Waals surface area contributed by atoms with Gasteiger partial charge in [0.15, 0.2) is 0 Å². The summed E-state index contributed by atoms with van der Waals surface area (Å²) in [6.45, 7) is 2.71. The third-order valence-electron chi connectivity index (χ3n) is 3.85. The first-order valence-corrected chi connectivity index (χ1v) is 8.16. The zero-order chi connectivity index (χ0) is 15.4. The van der Waals surface area contributed by atoms with Crippen LogP contribution < -0.4 is 0 Å². The molecule has 0 amide bonds. The maximum Gasteiger partial charge on any atom is 0.203 e. The largest absolute Gasteiger partial charge is 0.449 e. The van der Waals surface area contributed by atoms with E-state index >= 15 is 0 Å². The van der Waals surface area contributed by atoms with Crippen LogP contribution in [-0.4, -0.2) is 35.8 Å². The summed E-state index contributed by atoms with van der Waals surface area (Å²) in [5, 5.41) is 21.1. The van der Waals surface area contributed by atoms with E-state index in [4.69, 9.17) is 14.4 Å². The van der Waals surface area contributed by atoms with Gasteiger partial charge in [-0.25, -0.2) is 0 Å². The number of morpholine rings is 1. The molecule has 1 aliphatic heterocycles. The van der Waals surface area contributed by atoms with Gasteiger partial charge in [-0.2, -0.15) is 5.26 Å². The SMILES string of the molecule is N#Cc1ccc(CN2CCOCC2CC(O)c2cccs2)o1. The van der Waals surface area contributed by atoms with Gasteiger partial charge in [-0.1, -0.05) is 6.07 Å². The van der Waals surface area contributed by atoms with Gasteiger partial charge in [0.1, 0.15) is 11.8 Å². The Balaban J connectivity index is 1.64. The molecule has 3 rings (SSSR count). The second kappa shape index (κ2) is 7.07. The van der Waals surface area contributed by atoms with Crippen LogP contribution in [0.1, 0.15) is 28.9 Å².